The average Bonchev–Trinajstić information content (AvgIpc) is 3.36. The number of rotatable bonds is 25. The van der Waals surface area contributed by atoms with E-state index < -0.39 is 108 Å². The van der Waals surface area contributed by atoms with Crippen molar-refractivity contribution >= 4 is 35.8 Å². The van der Waals surface area contributed by atoms with Crippen molar-refractivity contribution in [2.75, 3.05) is 13.2 Å². The fourth-order valence-electron chi connectivity index (χ4n) is 7.68. The van der Waals surface area contributed by atoms with Gasteiger partial charge in [0.15, 0.2) is 12.3 Å². The van der Waals surface area contributed by atoms with E-state index in [1.807, 2.05) is 91.0 Å². The van der Waals surface area contributed by atoms with Crippen LogP contribution in [0.5, 0.6) is 0 Å². The van der Waals surface area contributed by atoms with Gasteiger partial charge in [-0.3, -0.25) is 14.4 Å². The fourth-order valence-corrected chi connectivity index (χ4v) is 7.68. The molecule has 0 bridgehead atoms. The van der Waals surface area contributed by atoms with Crippen molar-refractivity contribution in [3.05, 3.63) is 156 Å². The maximum Gasteiger partial charge on any atom is 0.408 e. The first-order valence-electron chi connectivity index (χ1n) is 24.4. The molecule has 5 rings (SSSR count). The zero-order valence-electron chi connectivity index (χ0n) is 42.7. The van der Waals surface area contributed by atoms with Crippen LogP contribution in [0.1, 0.15) is 81.9 Å². The first-order chi connectivity index (χ1) is 34.9. The predicted octanol–water partition coefficient (Wildman–Crippen LogP) is 6.73. The van der Waals surface area contributed by atoms with Gasteiger partial charge in [0, 0.05) is 0 Å². The Hall–Kier alpha value is -6.92. The smallest absolute Gasteiger partial charge is 0.408 e. The number of benzene rings is 4. The first-order valence-corrected chi connectivity index (χ1v) is 24.4. The third kappa shape index (κ3) is 18.6. The van der Waals surface area contributed by atoms with Gasteiger partial charge in [-0.15, -0.1) is 0 Å². The molecule has 1 saturated heterocycles. The number of hydrogen-bond donors (Lipinski definition) is 4. The Labute approximate surface area is 428 Å². The summed E-state index contributed by atoms with van der Waals surface area (Å²) in [6.07, 6.45) is -6.24. The van der Waals surface area contributed by atoms with E-state index in [0.29, 0.717) is 0 Å². The minimum atomic E-state index is -1.66. The van der Waals surface area contributed by atoms with E-state index in [0.717, 1.165) is 16.7 Å². The highest BCUT2D eigenvalue weighted by Crippen LogP contribution is 2.31. The van der Waals surface area contributed by atoms with E-state index in [1.165, 1.54) is 6.08 Å². The van der Waals surface area contributed by atoms with Crippen LogP contribution in [0.25, 0.3) is 0 Å². The van der Waals surface area contributed by atoms with Gasteiger partial charge in [-0.25, -0.2) is 14.4 Å². The summed E-state index contributed by atoms with van der Waals surface area (Å²) in [7, 11) is 0. The SMILES string of the molecule is C=CCOC(=O)N[C@H](C(=O)N[C@@H](CC(=O)N[C@H]1O[C@H](COCc2ccccc2)[C@H](OCc2ccccc2)[C@H](OCc2ccccc2)[C@H]1OC(=O)c1ccccc1)C(=O)N[C@H](C(=O)OC(C)(C)C)C(C)C)C(C)C. The summed E-state index contributed by atoms with van der Waals surface area (Å²) in [6.45, 7) is 15.4. The number of hydrogen-bond acceptors (Lipinski definition) is 13. The van der Waals surface area contributed by atoms with Gasteiger partial charge in [0.25, 0.3) is 0 Å². The highest BCUT2D eigenvalue weighted by molar-refractivity contribution is 5.96. The molecule has 1 aliphatic rings. The molecule has 17 heteroatoms. The molecule has 1 heterocycles. The topological polar surface area (TPSA) is 215 Å². The molecule has 4 amide bonds. The van der Waals surface area contributed by atoms with Gasteiger partial charge in [-0.1, -0.05) is 150 Å². The Bertz CT molecular complexity index is 2380. The number of ether oxygens (including phenoxy) is 7. The van der Waals surface area contributed by atoms with Gasteiger partial charge in [0.2, 0.25) is 17.7 Å². The number of carbonyl (C=O) groups is 6. The molecule has 0 aliphatic carbocycles. The molecule has 0 radical (unpaired) electrons. The zero-order chi connectivity index (χ0) is 52.9. The van der Waals surface area contributed by atoms with Crippen LogP contribution in [0, 0.1) is 11.8 Å². The van der Waals surface area contributed by atoms with Crippen molar-refractivity contribution in [3.63, 3.8) is 0 Å². The van der Waals surface area contributed by atoms with Crippen molar-refractivity contribution in [3.8, 4) is 0 Å². The lowest BCUT2D eigenvalue weighted by Crippen LogP contribution is -2.66. The number of esters is 2. The van der Waals surface area contributed by atoms with Crippen molar-refractivity contribution < 1.29 is 61.9 Å². The van der Waals surface area contributed by atoms with Crippen LogP contribution in [-0.4, -0.2) is 103 Å². The van der Waals surface area contributed by atoms with Gasteiger partial charge >= 0.3 is 18.0 Å². The molecule has 1 aliphatic heterocycles. The van der Waals surface area contributed by atoms with Crippen molar-refractivity contribution in [1.29, 1.82) is 0 Å². The minimum absolute atomic E-state index is 0.0312. The normalized spacial score (nSPS) is 18.8. The standard InChI is InChI=1S/C56H70N4O13/c1-9-30-68-55(66)60-45(36(2)3)51(63)57-42(50(62)59-46(37(4)5)54(65)73-56(6,7)8)31-44(61)58-52-49(72-53(64)41-28-20-13-21-29-41)48(70-34-40-26-18-12-19-27-40)47(69-33-39-24-16-11-17-25-39)43(71-52)35-67-32-38-22-14-10-15-23-38/h9-29,36-37,42-43,45-49,52H,1,30-35H2,2-8H3,(H,57,63)(H,58,61)(H,59,62)(H,60,66)/t42-,43+,45-,46-,47-,48-,49+,52-/m0/s1. The molecule has 4 N–H and O–H groups in total. The first kappa shape index (κ1) is 57.0. The Morgan fingerprint density at radius 1 is 0.644 bits per heavy atom. The Morgan fingerprint density at radius 3 is 1.68 bits per heavy atom. The lowest BCUT2D eigenvalue weighted by atomic mass is 9.96. The zero-order valence-corrected chi connectivity index (χ0v) is 42.7. The highest BCUT2D eigenvalue weighted by Gasteiger charge is 2.51. The summed E-state index contributed by atoms with van der Waals surface area (Å²) in [5.74, 6) is -5.10. The van der Waals surface area contributed by atoms with Crippen molar-refractivity contribution in [1.82, 2.24) is 21.3 Å². The number of nitrogens with one attached hydrogen (secondary N) is 4. The summed E-state index contributed by atoms with van der Waals surface area (Å²) in [6, 6.07) is 32.4. The largest absolute Gasteiger partial charge is 0.458 e. The molecule has 4 aromatic carbocycles. The molecule has 17 nitrogen and oxygen atoms in total. The second kappa shape index (κ2) is 28.4. The maximum atomic E-state index is 14.7. The van der Waals surface area contributed by atoms with Gasteiger partial charge in [0.05, 0.1) is 38.4 Å². The van der Waals surface area contributed by atoms with Gasteiger partial charge in [0.1, 0.15) is 48.6 Å². The van der Waals surface area contributed by atoms with Gasteiger partial charge < -0.3 is 54.4 Å². The molecule has 1 fully saturated rings. The van der Waals surface area contributed by atoms with E-state index in [-0.39, 0.29) is 38.6 Å². The van der Waals surface area contributed by atoms with Crippen LogP contribution in [0.4, 0.5) is 4.79 Å². The highest BCUT2D eigenvalue weighted by atomic mass is 16.6. The third-order valence-electron chi connectivity index (χ3n) is 11.4. The Morgan fingerprint density at radius 2 is 1.16 bits per heavy atom. The molecule has 73 heavy (non-hydrogen) atoms. The fraction of sp³-hybridized carbons (Fsp3) is 0.429. The Balaban J connectivity index is 1.54. The summed E-state index contributed by atoms with van der Waals surface area (Å²) < 4.78 is 43.4. The van der Waals surface area contributed by atoms with Gasteiger partial charge in [-0.05, 0) is 61.4 Å². The number of alkyl carbamates (subject to hydrolysis) is 1. The predicted molar refractivity (Wildman–Crippen MR) is 271 cm³/mol. The van der Waals surface area contributed by atoms with E-state index in [1.54, 1.807) is 78.8 Å². The summed E-state index contributed by atoms with van der Waals surface area (Å²) in [4.78, 5) is 83.4. The molecule has 0 aromatic heterocycles. The summed E-state index contributed by atoms with van der Waals surface area (Å²) >= 11 is 0. The van der Waals surface area contributed by atoms with Crippen LogP contribution in [-0.2, 0) is 72.2 Å². The van der Waals surface area contributed by atoms with E-state index in [2.05, 4.69) is 27.8 Å². The van der Waals surface area contributed by atoms with E-state index >= 15 is 0 Å². The quantitative estimate of drug-likeness (QED) is 0.0308. The van der Waals surface area contributed by atoms with Crippen LogP contribution in [0.15, 0.2) is 134 Å². The van der Waals surface area contributed by atoms with E-state index in [9.17, 15) is 28.8 Å². The van der Waals surface area contributed by atoms with Crippen LogP contribution < -0.4 is 21.3 Å². The van der Waals surface area contributed by atoms with Crippen molar-refractivity contribution in [2.24, 2.45) is 11.8 Å². The van der Waals surface area contributed by atoms with Crippen LogP contribution >= 0.6 is 0 Å². The molecule has 4 aromatic rings. The summed E-state index contributed by atoms with van der Waals surface area (Å²) in [5, 5.41) is 10.6. The summed E-state index contributed by atoms with van der Waals surface area (Å²) in [5.41, 5.74) is 1.81. The van der Waals surface area contributed by atoms with Crippen LogP contribution in [0.2, 0.25) is 0 Å². The molecule has 0 spiro atoms. The second-order valence-corrected chi connectivity index (χ2v) is 19.2. The monoisotopic (exact) mass is 1010 g/mol. The molecule has 8 atom stereocenters. The minimum Gasteiger partial charge on any atom is -0.458 e. The van der Waals surface area contributed by atoms with Crippen LogP contribution in [0.3, 0.4) is 0 Å². The maximum absolute atomic E-state index is 14.7. The number of amides is 4. The third-order valence-corrected chi connectivity index (χ3v) is 11.4. The Kier molecular flexibility index (Phi) is 22.1. The lowest BCUT2D eigenvalue weighted by molar-refractivity contribution is -0.265. The van der Waals surface area contributed by atoms with Crippen molar-refractivity contribution in [2.45, 2.75) is 129 Å². The molecular formula is C56H70N4O13. The second-order valence-electron chi connectivity index (χ2n) is 19.2. The van der Waals surface area contributed by atoms with E-state index in [4.69, 9.17) is 33.2 Å². The average molecular weight is 1010 g/mol. The molecule has 392 valence electrons. The van der Waals surface area contributed by atoms with Gasteiger partial charge in [-0.2, -0.15) is 0 Å². The number of carbonyl (C=O) groups excluding carboxylic acids is 6. The lowest BCUT2D eigenvalue weighted by Gasteiger charge is -2.46. The molecular weight excluding hydrogens is 937 g/mol. The molecule has 0 unspecified atom stereocenters. The molecule has 0 saturated carbocycles.